The zero-order valence-corrected chi connectivity index (χ0v) is 81.0. The molecule has 4 aromatic heterocycles. The maximum atomic E-state index is 14.2. The highest BCUT2D eigenvalue weighted by molar-refractivity contribution is 9.10. The molecule has 5 N–H and O–H groups in total. The first-order valence-corrected chi connectivity index (χ1v) is 47.2. The average Bonchev–Trinajstić information content (AvgIpc) is 1.56. The number of aliphatic hydroxyl groups excluding tert-OH is 4. The van der Waals surface area contributed by atoms with Crippen LogP contribution in [-0.2, 0) is 68.7 Å². The van der Waals surface area contributed by atoms with Gasteiger partial charge in [0.25, 0.3) is 23.6 Å². The number of aliphatic hydroxyl groups is 5. The first kappa shape index (κ1) is 96.1. The number of aromatic nitrogens is 4. The number of nitrogens with zero attached hydrogens (tertiary/aromatic N) is 8. The molecule has 8 heterocycles. The Kier molecular flexibility index (Phi) is 28.4. The van der Waals surface area contributed by atoms with Crippen LogP contribution in [0.15, 0.2) is 259 Å². The molecule has 7 aliphatic rings. The van der Waals surface area contributed by atoms with Gasteiger partial charge in [-0.05, 0) is 190 Å². The molecular weight excluding hydrogens is 1970 g/mol. The lowest BCUT2D eigenvalue weighted by atomic mass is 9.83. The minimum Gasteiger partial charge on any atom is -0.396 e. The summed E-state index contributed by atoms with van der Waals surface area (Å²) in [5.74, 6) is -0.804. The maximum Gasteiger partial charge on any atom is 0.257 e. The third-order valence-electron chi connectivity index (χ3n) is 25.6. The standard InChI is InChI=1S/C29H30Cl2N2O4.C28H26Cl2N2O3.C25H21BrCl2N2O3.C20H13BrCl2N2O2/c1-27(2,16-34)20-5-10-25-24(13-20)26(36)33(15-23-9-8-22(31)14-32-23)29(25,19-3-6-21(30)7-4-19)37-18-28(17-35)11-12-28;1-18(2)19-3-10-25-24(13-19)26(34)32(15-23-9-8-22(30)14-31-23)28(25,20-4-6-21(29)7-5-20)35-17-27(16-33)11-12-27;26-17-3-8-22-21(11-17)23(32)30(13-20-7-6-19(28)12-29-20)25(22,16-1-4-18(27)5-2-16)33-15-24(14-31)9-10-24;21-13-3-8-18-17(9-13)19(26)25(11-16-7-6-15(23)10-24-16)20(18,27)12-1-4-14(22)5-2-12/h3-10,13-14,34-35H,11-12,15-18H2,1-2H3;3-10,13-14,33H,1,11-12,15-17H2,2H3;1-8,11-12,31H,9-10,13-15H2;1-10,27H,11H2/t29-;;;/m1.../s1. The fraction of sp³-hybridized carbons (Fsp3) is 0.275. The topological polar surface area (TPSA) is 262 Å². The van der Waals surface area contributed by atoms with Crippen molar-refractivity contribution in [3.8, 4) is 0 Å². The number of halogens is 10. The van der Waals surface area contributed by atoms with Crippen LogP contribution in [0.5, 0.6) is 0 Å². The van der Waals surface area contributed by atoms with Gasteiger partial charge in [0.15, 0.2) is 22.9 Å². The molecule has 0 bridgehead atoms. The molecule has 3 fully saturated rings. The predicted octanol–water partition coefficient (Wildman–Crippen LogP) is 22.2. The van der Waals surface area contributed by atoms with Crippen molar-refractivity contribution >= 4 is 154 Å². The largest absolute Gasteiger partial charge is 0.396 e. The Balaban J connectivity index is 0.000000129. The highest BCUT2D eigenvalue weighted by atomic mass is 79.9. The van der Waals surface area contributed by atoms with Gasteiger partial charge in [0.2, 0.25) is 0 Å². The lowest BCUT2D eigenvalue weighted by molar-refractivity contribution is -0.129. The monoisotopic (exact) mass is 2060 g/mol. The summed E-state index contributed by atoms with van der Waals surface area (Å²) < 4.78 is 21.8. The summed E-state index contributed by atoms with van der Waals surface area (Å²) in [5, 5.41) is 56.0. The van der Waals surface area contributed by atoms with E-state index in [9.17, 15) is 44.7 Å². The summed E-state index contributed by atoms with van der Waals surface area (Å²) in [7, 11) is 0. The number of benzene rings is 8. The summed E-state index contributed by atoms with van der Waals surface area (Å²) in [6.45, 7) is 11.5. The lowest BCUT2D eigenvalue weighted by Crippen LogP contribution is -2.47. The van der Waals surface area contributed by atoms with Gasteiger partial charge in [0.1, 0.15) is 0 Å². The number of carbonyl (C=O) groups excluding carboxylic acids is 4. The summed E-state index contributed by atoms with van der Waals surface area (Å²) in [6.07, 6.45) is 11.5. The Bertz CT molecular complexity index is 6350. The fourth-order valence-electron chi connectivity index (χ4n) is 16.9. The van der Waals surface area contributed by atoms with Crippen LogP contribution in [0.1, 0.15) is 179 Å². The minimum atomic E-state index is -1.63. The molecule has 132 heavy (non-hydrogen) atoms. The third-order valence-corrected chi connectivity index (χ3v) is 28.5. The van der Waals surface area contributed by atoms with E-state index in [0.29, 0.717) is 115 Å². The molecule has 20 nitrogen and oxygen atoms in total. The van der Waals surface area contributed by atoms with Crippen molar-refractivity contribution in [1.82, 2.24) is 39.5 Å². The van der Waals surface area contributed by atoms with E-state index in [-0.39, 0.29) is 99.1 Å². The van der Waals surface area contributed by atoms with E-state index in [1.807, 2.05) is 112 Å². The number of allylic oxidation sites excluding steroid dienone is 1. The summed E-state index contributed by atoms with van der Waals surface area (Å²) in [4.78, 5) is 79.2. The Morgan fingerprint density at radius 2 is 0.652 bits per heavy atom. The van der Waals surface area contributed by atoms with Gasteiger partial charge in [-0.1, -0.05) is 236 Å². The number of carbonyl (C=O) groups is 4. The van der Waals surface area contributed by atoms with Crippen molar-refractivity contribution in [3.63, 3.8) is 0 Å². The van der Waals surface area contributed by atoms with Crippen LogP contribution in [0.25, 0.3) is 5.57 Å². The molecule has 8 aromatic carbocycles. The smallest absolute Gasteiger partial charge is 0.257 e. The van der Waals surface area contributed by atoms with Gasteiger partial charge in [-0.15, -0.1) is 0 Å². The molecule has 12 aromatic rings. The molecule has 4 amide bonds. The van der Waals surface area contributed by atoms with Crippen molar-refractivity contribution in [2.75, 3.05) is 46.2 Å². The van der Waals surface area contributed by atoms with Crippen LogP contribution < -0.4 is 0 Å². The molecule has 30 heteroatoms. The number of amides is 4. The summed E-state index contributed by atoms with van der Waals surface area (Å²) >= 11 is 55.6. The quantitative estimate of drug-likeness (QED) is 0.0320. The number of fused-ring (bicyclic) bond motifs is 4. The normalized spacial score (nSPS) is 20.0. The Morgan fingerprint density at radius 1 is 0.371 bits per heavy atom. The SMILES string of the molecule is C=C(C)c1ccc2c(c1)C(=O)N(Cc1ccc(Cl)cn1)C2(OCC1(CO)CC1)c1ccc(Cl)cc1.CC(C)(CO)c1ccc2c(c1)C(=O)N(Cc1ccc(Cl)cn1)[C@@]2(OCC1(CO)CC1)c1ccc(Cl)cc1.O=C1c2cc(Br)ccc2C(O)(c2ccc(Cl)cc2)N1Cc1ccc(Cl)cn1.O=C1c2cc(Br)ccc2C(OCC2(CO)CC2)(c2ccc(Cl)cc2)N1Cc1ccc(Cl)cn1. The molecular formula is C102H90Br2Cl8N8O12. The van der Waals surface area contributed by atoms with Crippen LogP contribution in [0, 0.1) is 16.2 Å². The molecule has 3 unspecified atom stereocenters. The van der Waals surface area contributed by atoms with Crippen molar-refractivity contribution < 1.29 is 58.9 Å². The summed E-state index contributed by atoms with van der Waals surface area (Å²) in [6, 6.07) is 65.4. The van der Waals surface area contributed by atoms with Gasteiger partial charge in [-0.2, -0.15) is 0 Å². The van der Waals surface area contributed by atoms with Crippen molar-refractivity contribution in [3.05, 3.63) is 400 Å². The second-order valence-corrected chi connectivity index (χ2v) is 40.5. The van der Waals surface area contributed by atoms with Gasteiger partial charge >= 0.3 is 0 Å². The zero-order chi connectivity index (χ0) is 93.6. The Morgan fingerprint density at radius 3 is 0.962 bits per heavy atom. The second-order valence-electron chi connectivity index (χ2n) is 35.1. The third kappa shape index (κ3) is 19.2. The van der Waals surface area contributed by atoms with Crippen LogP contribution in [0.3, 0.4) is 0 Å². The van der Waals surface area contributed by atoms with E-state index < -0.39 is 28.3 Å². The highest BCUT2D eigenvalue weighted by Crippen LogP contribution is 2.57. The summed E-state index contributed by atoms with van der Waals surface area (Å²) in [5.41, 5.74) is 6.23. The van der Waals surface area contributed by atoms with Crippen LogP contribution >= 0.6 is 125 Å². The molecule has 4 aliphatic heterocycles. The number of rotatable bonds is 27. The predicted molar refractivity (Wildman–Crippen MR) is 518 cm³/mol. The molecule has 0 radical (unpaired) electrons. The fourth-order valence-corrected chi connectivity index (χ4v) is 18.6. The van der Waals surface area contributed by atoms with Crippen molar-refractivity contribution in [2.24, 2.45) is 16.2 Å². The van der Waals surface area contributed by atoms with Gasteiger partial charge in [0, 0.05) is 142 Å². The van der Waals surface area contributed by atoms with Gasteiger partial charge in [0.05, 0.1) is 115 Å². The van der Waals surface area contributed by atoms with Crippen molar-refractivity contribution in [2.45, 2.75) is 114 Å². The molecule has 19 rings (SSSR count). The molecule has 3 saturated carbocycles. The molecule has 0 spiro atoms. The molecule has 0 saturated heterocycles. The van der Waals surface area contributed by atoms with E-state index in [1.54, 1.807) is 161 Å². The van der Waals surface area contributed by atoms with Crippen LogP contribution in [-0.4, -0.2) is 135 Å². The first-order valence-electron chi connectivity index (χ1n) is 42.6. The molecule has 680 valence electrons. The maximum absolute atomic E-state index is 14.2. The van der Waals surface area contributed by atoms with Crippen LogP contribution in [0.2, 0.25) is 40.2 Å². The van der Waals surface area contributed by atoms with Gasteiger partial charge in [-0.25, -0.2) is 0 Å². The van der Waals surface area contributed by atoms with E-state index in [2.05, 4.69) is 58.4 Å². The lowest BCUT2D eigenvalue weighted by Gasteiger charge is -2.40. The first-order chi connectivity index (χ1) is 63.2. The van der Waals surface area contributed by atoms with E-state index in [0.717, 1.165) is 92.0 Å². The number of hydrogen-bond acceptors (Lipinski definition) is 16. The number of ether oxygens (including phenoxy) is 3. The Hall–Kier alpha value is -9.06. The van der Waals surface area contributed by atoms with Gasteiger partial charge < -0.3 is 39.7 Å². The van der Waals surface area contributed by atoms with Crippen molar-refractivity contribution in [1.29, 1.82) is 0 Å². The average molecular weight is 2060 g/mol. The Labute approximate surface area is 821 Å². The van der Waals surface area contributed by atoms with E-state index in [1.165, 1.54) is 11.1 Å². The van der Waals surface area contributed by atoms with E-state index >= 15 is 0 Å². The second kappa shape index (κ2) is 39.0. The van der Waals surface area contributed by atoms with Gasteiger partial charge in [-0.3, -0.25) is 58.7 Å². The number of pyridine rings is 4. The highest BCUT2D eigenvalue weighted by Gasteiger charge is 2.59. The molecule has 4 atom stereocenters. The van der Waals surface area contributed by atoms with E-state index in [4.69, 9.17) is 107 Å². The zero-order valence-electron chi connectivity index (χ0n) is 71.8. The van der Waals surface area contributed by atoms with Crippen LogP contribution in [0.4, 0.5) is 0 Å². The number of hydrogen-bond donors (Lipinski definition) is 5. The molecule has 3 aliphatic carbocycles. The minimum absolute atomic E-state index is 0.0207.